The number of hydrogen-bond donors (Lipinski definition) is 0. The maximum Gasteiger partial charge on any atom is 0.195 e. The minimum Gasteiger partial charge on any atom is -0.457 e. The average molecular weight is 1000 g/mol. The van der Waals surface area contributed by atoms with Crippen LogP contribution in [0.25, 0.3) is 45.0 Å². The van der Waals surface area contributed by atoms with Crippen LogP contribution in [0.15, 0.2) is 207 Å². The molecule has 10 aromatic carbocycles. The van der Waals surface area contributed by atoms with Crippen molar-refractivity contribution in [1.29, 1.82) is 0 Å². The maximum absolute atomic E-state index is 17.9. The first-order valence-electron chi connectivity index (χ1n) is 25.2. The van der Waals surface area contributed by atoms with Gasteiger partial charge in [0, 0.05) is 22.6 Å². The summed E-state index contributed by atoms with van der Waals surface area (Å²) >= 11 is 0. The van der Waals surface area contributed by atoms with Gasteiger partial charge in [0.1, 0.15) is 23.1 Å². The Hall–Kier alpha value is -9.07. The van der Waals surface area contributed by atoms with Crippen LogP contribution in [0.5, 0.6) is 11.5 Å². The number of hydrogen-bond acceptors (Lipinski definition) is 2. The van der Waals surface area contributed by atoms with Crippen LogP contribution in [0.2, 0.25) is 0 Å². The summed E-state index contributed by atoms with van der Waals surface area (Å²) in [6.07, 6.45) is 1.73. The van der Waals surface area contributed by atoms with Gasteiger partial charge in [0.2, 0.25) is 0 Å². The second-order valence-corrected chi connectivity index (χ2v) is 20.1. The number of ether oxygens (including phenoxy) is 1. The van der Waals surface area contributed by atoms with Gasteiger partial charge in [0.15, 0.2) is 17.5 Å². The first-order valence-corrected chi connectivity index (χ1v) is 25.2. The zero-order valence-corrected chi connectivity index (χ0v) is 41.7. The van der Waals surface area contributed by atoms with Crippen LogP contribution in [-0.2, 0) is 10.8 Å². The van der Waals surface area contributed by atoms with E-state index in [1.807, 2.05) is 59.5 Å². The molecule has 1 spiro atoms. The molecule has 3 aliphatic carbocycles. The summed E-state index contributed by atoms with van der Waals surface area (Å²) in [4.78, 5) is 1.96. The Morgan fingerprint density at radius 1 is 0.461 bits per heavy atom. The Morgan fingerprint density at radius 2 is 0.921 bits per heavy atom. The molecule has 13 rings (SSSR count). The maximum atomic E-state index is 17.9. The first kappa shape index (κ1) is 46.7. The van der Waals surface area contributed by atoms with Crippen molar-refractivity contribution in [3.63, 3.8) is 0 Å². The lowest BCUT2D eigenvalue weighted by Gasteiger charge is -2.36. The molecule has 0 N–H and O–H groups in total. The second kappa shape index (κ2) is 17.3. The third-order valence-electron chi connectivity index (χ3n) is 15.9. The molecule has 76 heavy (non-hydrogen) atoms. The van der Waals surface area contributed by atoms with E-state index < -0.39 is 51.0 Å². The molecule has 2 nitrogen and oxygen atoms in total. The summed E-state index contributed by atoms with van der Waals surface area (Å²) in [6.45, 7) is 12.8. The number of anilines is 3. The molecule has 7 heteroatoms. The number of fused-ring (bicyclic) bond motifs is 13. The molecule has 3 aliphatic rings. The molecule has 368 valence electrons. The Balaban J connectivity index is 1.08. The molecule has 0 fully saturated rings. The standard InChI is InChI=1S/C69H46F5NO/c1-6-42-21-28-47(29-22-42)76-48-30-23-43(24-31-48)68(63-64(71)62(39(2)3)65(72)67(74)66(63)73)55-16-10-7-13-49(55)53-33-26-44(36-59(53)68)75(46-25-20-41(5)61(70)38-46)45-27-34-54-51-15-9-12-18-57(51)69(60(54)37-45)56-17-11-8-14-50(56)52-32-19-40(4)35-58(52)69/h6-38H,1-2H2,3-5H3. The van der Waals surface area contributed by atoms with E-state index in [-0.39, 0.29) is 5.57 Å². The van der Waals surface area contributed by atoms with Gasteiger partial charge in [-0.25, -0.2) is 22.0 Å². The van der Waals surface area contributed by atoms with Gasteiger partial charge in [-0.15, -0.1) is 0 Å². The van der Waals surface area contributed by atoms with Crippen LogP contribution < -0.4 is 9.64 Å². The summed E-state index contributed by atoms with van der Waals surface area (Å²) in [7, 11) is 0. The molecule has 10 aromatic rings. The third-order valence-corrected chi connectivity index (χ3v) is 15.9. The fraction of sp³-hybridized carbons (Fsp3) is 0.0725. The normalized spacial score (nSPS) is 16.1. The number of benzene rings is 10. The fourth-order valence-corrected chi connectivity index (χ4v) is 12.6. The van der Waals surface area contributed by atoms with Crippen molar-refractivity contribution in [2.24, 2.45) is 0 Å². The van der Waals surface area contributed by atoms with Gasteiger partial charge in [-0.3, -0.25) is 0 Å². The van der Waals surface area contributed by atoms with Gasteiger partial charge >= 0.3 is 0 Å². The number of rotatable bonds is 9. The highest BCUT2D eigenvalue weighted by molar-refractivity contribution is 5.97. The van der Waals surface area contributed by atoms with E-state index in [2.05, 4.69) is 98.9 Å². The molecule has 2 atom stereocenters. The molecule has 0 saturated carbocycles. The summed E-state index contributed by atoms with van der Waals surface area (Å²) < 4.78 is 90.3. The summed E-state index contributed by atoms with van der Waals surface area (Å²) in [5.74, 6) is -5.91. The van der Waals surface area contributed by atoms with Gasteiger partial charge < -0.3 is 9.64 Å². The molecule has 0 amide bonds. The summed E-state index contributed by atoms with van der Waals surface area (Å²) in [6, 6.07) is 62.1. The van der Waals surface area contributed by atoms with E-state index in [4.69, 9.17) is 4.74 Å². The lowest BCUT2D eigenvalue weighted by Crippen LogP contribution is -2.33. The van der Waals surface area contributed by atoms with E-state index in [1.54, 1.807) is 67.6 Å². The monoisotopic (exact) mass is 999 g/mol. The lowest BCUT2D eigenvalue weighted by atomic mass is 9.66. The van der Waals surface area contributed by atoms with Crippen molar-refractivity contribution in [2.45, 2.75) is 31.6 Å². The lowest BCUT2D eigenvalue weighted by molar-refractivity contribution is 0.413. The molecule has 0 heterocycles. The van der Waals surface area contributed by atoms with Crippen molar-refractivity contribution in [3.05, 3.63) is 303 Å². The van der Waals surface area contributed by atoms with Crippen LogP contribution in [0, 0.1) is 42.9 Å². The average Bonchev–Trinajstić information content (AvgIpc) is 4.19. The summed E-state index contributed by atoms with van der Waals surface area (Å²) in [5, 5.41) is 0. The summed E-state index contributed by atoms with van der Waals surface area (Å²) in [5.41, 5.74) is 11.3. The topological polar surface area (TPSA) is 12.5 Å². The van der Waals surface area contributed by atoms with Crippen LogP contribution in [0.4, 0.5) is 39.0 Å². The smallest absolute Gasteiger partial charge is 0.195 e. The Labute approximate surface area is 438 Å². The number of aryl methyl sites for hydroxylation is 2. The van der Waals surface area contributed by atoms with Crippen LogP contribution in [-0.4, -0.2) is 0 Å². The second-order valence-electron chi connectivity index (χ2n) is 20.1. The van der Waals surface area contributed by atoms with E-state index in [9.17, 15) is 0 Å². The van der Waals surface area contributed by atoms with E-state index in [0.717, 1.165) is 55.6 Å². The Bertz CT molecular complexity index is 4110. The third kappa shape index (κ3) is 6.51. The predicted octanol–water partition coefficient (Wildman–Crippen LogP) is 18.6. The highest BCUT2D eigenvalue weighted by atomic mass is 19.2. The zero-order chi connectivity index (χ0) is 52.4. The molecule has 0 aliphatic heterocycles. The molecular weight excluding hydrogens is 954 g/mol. The number of nitrogens with zero attached hydrogens (tertiary/aromatic N) is 1. The molecule has 2 unspecified atom stereocenters. The quantitative estimate of drug-likeness (QED) is 0.0812. The van der Waals surface area contributed by atoms with E-state index in [0.29, 0.717) is 61.9 Å². The highest BCUT2D eigenvalue weighted by Crippen LogP contribution is 2.64. The largest absolute Gasteiger partial charge is 0.457 e. The number of allylic oxidation sites excluding steroid dienone is 1. The SMILES string of the molecule is C=Cc1ccc(Oc2ccc(C3(c4c(F)c(F)c(F)c(C(=C)C)c4F)c4ccccc4-c4ccc(N(c5ccc(C)c(F)c5)c5ccc6c(c5)C5(c7ccccc7-c7ccc(C)cc75)c5ccccc5-6)cc43)cc2)cc1. The molecule has 0 radical (unpaired) electrons. The van der Waals surface area contributed by atoms with Gasteiger partial charge in [0.25, 0.3) is 0 Å². The molecule has 0 aromatic heterocycles. The van der Waals surface area contributed by atoms with Crippen molar-refractivity contribution < 1.29 is 26.7 Å². The van der Waals surface area contributed by atoms with Gasteiger partial charge in [-0.1, -0.05) is 158 Å². The zero-order valence-electron chi connectivity index (χ0n) is 41.7. The van der Waals surface area contributed by atoms with E-state index in [1.165, 1.54) is 13.0 Å². The van der Waals surface area contributed by atoms with Crippen LogP contribution >= 0.6 is 0 Å². The van der Waals surface area contributed by atoms with Crippen molar-refractivity contribution in [2.75, 3.05) is 4.90 Å². The first-order chi connectivity index (χ1) is 36.9. The highest BCUT2D eigenvalue weighted by Gasteiger charge is 2.53. The fourth-order valence-electron chi connectivity index (χ4n) is 12.6. The Kier molecular flexibility index (Phi) is 10.6. The molecule has 0 saturated heterocycles. The Morgan fingerprint density at radius 3 is 1.46 bits per heavy atom. The molecule has 0 bridgehead atoms. The van der Waals surface area contributed by atoms with Crippen LogP contribution in [0.1, 0.15) is 73.7 Å². The minimum absolute atomic E-state index is 0.122. The number of halogens is 5. The van der Waals surface area contributed by atoms with Crippen molar-refractivity contribution >= 4 is 28.7 Å². The van der Waals surface area contributed by atoms with Crippen molar-refractivity contribution in [3.8, 4) is 44.9 Å². The van der Waals surface area contributed by atoms with Crippen molar-refractivity contribution in [1.82, 2.24) is 0 Å². The van der Waals surface area contributed by atoms with E-state index >= 15 is 22.0 Å². The van der Waals surface area contributed by atoms with Gasteiger partial charge in [0.05, 0.1) is 16.4 Å². The van der Waals surface area contributed by atoms with Crippen LogP contribution in [0.3, 0.4) is 0 Å². The molecular formula is C69H46F5NO. The van der Waals surface area contributed by atoms with Gasteiger partial charge in [-0.2, -0.15) is 0 Å². The van der Waals surface area contributed by atoms with Gasteiger partial charge in [-0.05, 0) is 170 Å². The predicted molar refractivity (Wildman–Crippen MR) is 295 cm³/mol. The minimum atomic E-state index is -1.96.